The first-order valence-corrected chi connectivity index (χ1v) is 6.84. The first kappa shape index (κ1) is 18.5. The van der Waals surface area contributed by atoms with E-state index in [1.54, 1.807) is 5.57 Å². The van der Waals surface area contributed by atoms with Crippen molar-refractivity contribution >= 4 is 6.29 Å². The highest BCUT2D eigenvalue weighted by Crippen LogP contribution is 2.30. The SMILES string of the molecule is C=CCCC1=CC[C@@H](C)C(C)C1.CC.CC=O. The second kappa shape index (κ2) is 13.2. The number of hydrogen-bond donors (Lipinski definition) is 0. The standard InChI is InChI=1S/C12H20.C2H4O.C2H6/c1-4-5-6-12-8-7-10(2)11(3)9-12;1-2-3;1-2/h4,8,10-11H,1,5-7,9H2,2-3H3;2H,1H3;1-2H3/t10-,11?;;/m1../s1. The van der Waals surface area contributed by atoms with Crippen LogP contribution in [-0.2, 0) is 4.79 Å². The molecule has 0 aromatic carbocycles. The van der Waals surface area contributed by atoms with Crippen LogP contribution in [0.5, 0.6) is 0 Å². The summed E-state index contributed by atoms with van der Waals surface area (Å²) in [7, 11) is 0. The van der Waals surface area contributed by atoms with Crippen LogP contribution in [0, 0.1) is 11.8 Å². The summed E-state index contributed by atoms with van der Waals surface area (Å²) in [4.78, 5) is 8.81. The summed E-state index contributed by atoms with van der Waals surface area (Å²) < 4.78 is 0. The minimum absolute atomic E-state index is 0.750. The fourth-order valence-electron chi connectivity index (χ4n) is 1.77. The average Bonchev–Trinajstić information content (AvgIpc) is 2.34. The van der Waals surface area contributed by atoms with E-state index in [0.29, 0.717) is 0 Å². The Bertz CT molecular complexity index is 216. The lowest BCUT2D eigenvalue weighted by molar-refractivity contribution is -0.106. The highest BCUT2D eigenvalue weighted by molar-refractivity contribution is 5.44. The smallest absolute Gasteiger partial charge is 0.116 e. The van der Waals surface area contributed by atoms with Gasteiger partial charge in [-0.05, 0) is 44.4 Å². The van der Waals surface area contributed by atoms with Crippen molar-refractivity contribution in [2.24, 2.45) is 11.8 Å². The lowest BCUT2D eigenvalue weighted by atomic mass is 9.81. The number of rotatable bonds is 3. The van der Waals surface area contributed by atoms with Crippen LogP contribution >= 0.6 is 0 Å². The van der Waals surface area contributed by atoms with E-state index in [4.69, 9.17) is 4.79 Å². The van der Waals surface area contributed by atoms with E-state index in [1.165, 1.54) is 26.2 Å². The molecule has 1 heteroatoms. The highest BCUT2D eigenvalue weighted by atomic mass is 16.1. The molecule has 1 unspecified atom stereocenters. The minimum Gasteiger partial charge on any atom is -0.304 e. The summed E-state index contributed by atoms with van der Waals surface area (Å²) in [6.45, 7) is 13.9. The molecule has 0 aromatic heterocycles. The Morgan fingerprint density at radius 2 is 1.88 bits per heavy atom. The van der Waals surface area contributed by atoms with Crippen molar-refractivity contribution < 1.29 is 4.79 Å². The van der Waals surface area contributed by atoms with Gasteiger partial charge in [0.15, 0.2) is 0 Å². The van der Waals surface area contributed by atoms with Gasteiger partial charge < -0.3 is 4.79 Å². The zero-order chi connectivity index (χ0) is 13.7. The average molecular weight is 238 g/mol. The van der Waals surface area contributed by atoms with E-state index in [0.717, 1.165) is 24.5 Å². The molecule has 0 spiro atoms. The molecule has 1 aliphatic rings. The Morgan fingerprint density at radius 3 is 2.29 bits per heavy atom. The maximum atomic E-state index is 8.81. The predicted molar refractivity (Wildman–Crippen MR) is 78.2 cm³/mol. The molecule has 0 heterocycles. The molecule has 1 nitrogen and oxygen atoms in total. The number of hydrogen-bond acceptors (Lipinski definition) is 1. The van der Waals surface area contributed by atoms with Crippen molar-refractivity contribution in [3.63, 3.8) is 0 Å². The second-order valence-corrected chi connectivity index (χ2v) is 4.32. The Labute approximate surface area is 108 Å². The molecule has 0 aromatic rings. The van der Waals surface area contributed by atoms with Gasteiger partial charge in [0.25, 0.3) is 0 Å². The zero-order valence-electron chi connectivity index (χ0n) is 12.3. The molecule has 100 valence electrons. The predicted octanol–water partition coefficient (Wildman–Crippen LogP) is 5.18. The summed E-state index contributed by atoms with van der Waals surface area (Å²) in [6, 6.07) is 0. The van der Waals surface area contributed by atoms with Gasteiger partial charge in [-0.15, -0.1) is 6.58 Å². The van der Waals surface area contributed by atoms with Crippen molar-refractivity contribution in [1.82, 2.24) is 0 Å². The quantitative estimate of drug-likeness (QED) is 0.489. The van der Waals surface area contributed by atoms with Crippen LogP contribution in [0.2, 0.25) is 0 Å². The van der Waals surface area contributed by atoms with Crippen LogP contribution in [0.25, 0.3) is 0 Å². The number of carbonyl (C=O) groups is 1. The molecule has 0 aliphatic heterocycles. The van der Waals surface area contributed by atoms with Crippen LogP contribution in [0.3, 0.4) is 0 Å². The fraction of sp³-hybridized carbons (Fsp3) is 0.688. The summed E-state index contributed by atoms with van der Waals surface area (Å²) in [5.74, 6) is 1.77. The normalized spacial score (nSPS) is 22.1. The van der Waals surface area contributed by atoms with Gasteiger partial charge >= 0.3 is 0 Å². The third-order valence-electron chi connectivity index (χ3n) is 3.00. The lowest BCUT2D eigenvalue weighted by Gasteiger charge is -2.25. The van der Waals surface area contributed by atoms with Gasteiger partial charge in [0.05, 0.1) is 0 Å². The molecular formula is C16H30O. The van der Waals surface area contributed by atoms with Gasteiger partial charge in [-0.2, -0.15) is 0 Å². The minimum atomic E-state index is 0.750. The fourth-order valence-corrected chi connectivity index (χ4v) is 1.77. The maximum Gasteiger partial charge on any atom is 0.116 e. The zero-order valence-corrected chi connectivity index (χ0v) is 12.3. The third kappa shape index (κ3) is 10.0. The van der Waals surface area contributed by atoms with Gasteiger partial charge in [0, 0.05) is 0 Å². The molecule has 0 fully saturated rings. The van der Waals surface area contributed by atoms with Crippen LogP contribution < -0.4 is 0 Å². The summed E-state index contributed by atoms with van der Waals surface area (Å²) >= 11 is 0. The summed E-state index contributed by atoms with van der Waals surface area (Å²) in [6.07, 6.45) is 10.2. The number of aldehydes is 1. The second-order valence-electron chi connectivity index (χ2n) is 4.32. The van der Waals surface area contributed by atoms with Crippen molar-refractivity contribution in [2.75, 3.05) is 0 Å². The van der Waals surface area contributed by atoms with Crippen molar-refractivity contribution in [3.05, 3.63) is 24.3 Å². The van der Waals surface area contributed by atoms with Crippen LogP contribution in [-0.4, -0.2) is 6.29 Å². The van der Waals surface area contributed by atoms with Crippen LogP contribution in [0.15, 0.2) is 24.3 Å². The largest absolute Gasteiger partial charge is 0.304 e. The van der Waals surface area contributed by atoms with Gasteiger partial charge in [-0.3, -0.25) is 0 Å². The summed E-state index contributed by atoms with van der Waals surface area (Å²) in [5.41, 5.74) is 1.65. The Kier molecular flexibility index (Phi) is 14.4. The van der Waals surface area contributed by atoms with Gasteiger partial charge in [0.2, 0.25) is 0 Å². The van der Waals surface area contributed by atoms with Gasteiger partial charge in [0.1, 0.15) is 6.29 Å². The van der Waals surface area contributed by atoms with Gasteiger partial charge in [-0.25, -0.2) is 0 Å². The molecule has 2 atom stereocenters. The van der Waals surface area contributed by atoms with E-state index in [9.17, 15) is 0 Å². The van der Waals surface area contributed by atoms with E-state index in [1.807, 2.05) is 19.9 Å². The van der Waals surface area contributed by atoms with E-state index in [-0.39, 0.29) is 0 Å². The Morgan fingerprint density at radius 1 is 1.35 bits per heavy atom. The number of carbonyl (C=O) groups excluding carboxylic acids is 1. The molecule has 0 saturated carbocycles. The van der Waals surface area contributed by atoms with E-state index >= 15 is 0 Å². The lowest BCUT2D eigenvalue weighted by Crippen LogP contribution is -2.12. The Hall–Kier alpha value is -0.850. The summed E-state index contributed by atoms with van der Waals surface area (Å²) in [5, 5.41) is 0. The highest BCUT2D eigenvalue weighted by Gasteiger charge is 2.17. The third-order valence-corrected chi connectivity index (χ3v) is 3.00. The van der Waals surface area contributed by atoms with Crippen molar-refractivity contribution in [3.8, 4) is 0 Å². The molecule has 0 N–H and O–H groups in total. The maximum absolute atomic E-state index is 8.81. The topological polar surface area (TPSA) is 17.1 Å². The van der Waals surface area contributed by atoms with E-state index < -0.39 is 0 Å². The molecule has 17 heavy (non-hydrogen) atoms. The molecule has 1 aliphatic carbocycles. The first-order valence-electron chi connectivity index (χ1n) is 6.84. The van der Waals surface area contributed by atoms with Gasteiger partial charge in [-0.1, -0.05) is 45.4 Å². The molecule has 1 rings (SSSR count). The molecule has 0 saturated heterocycles. The van der Waals surface area contributed by atoms with Crippen LogP contribution in [0.1, 0.15) is 60.3 Å². The molecule has 0 amide bonds. The van der Waals surface area contributed by atoms with Crippen molar-refractivity contribution in [2.45, 2.75) is 60.3 Å². The molecule has 0 bridgehead atoms. The van der Waals surface area contributed by atoms with Crippen molar-refractivity contribution in [1.29, 1.82) is 0 Å². The molecule has 0 radical (unpaired) electrons. The first-order chi connectivity index (χ1) is 8.15. The van der Waals surface area contributed by atoms with Crippen LogP contribution in [0.4, 0.5) is 0 Å². The Balaban J connectivity index is 0. The molecular weight excluding hydrogens is 208 g/mol. The monoisotopic (exact) mass is 238 g/mol. The van der Waals surface area contributed by atoms with E-state index in [2.05, 4.69) is 26.5 Å². The number of allylic oxidation sites excluding steroid dienone is 3.